The van der Waals surface area contributed by atoms with E-state index in [0.717, 1.165) is 5.33 Å². The molecule has 0 atom stereocenters. The van der Waals surface area contributed by atoms with Crippen molar-refractivity contribution in [2.24, 2.45) is 0 Å². The molecule has 0 saturated carbocycles. The van der Waals surface area contributed by atoms with Crippen LogP contribution in [0.25, 0.3) is 11.1 Å². The molecule has 0 amide bonds. The van der Waals surface area contributed by atoms with Gasteiger partial charge >= 0.3 is 0 Å². The Kier molecular flexibility index (Phi) is 3.00. The zero-order chi connectivity index (χ0) is 9.80. The lowest BCUT2D eigenvalue weighted by molar-refractivity contribution is 1.42. The Hall–Kier alpha value is -1.08. The Morgan fingerprint density at radius 3 is 2.50 bits per heavy atom. The van der Waals surface area contributed by atoms with Crippen LogP contribution in [0, 0.1) is 6.07 Å². The molecule has 0 fully saturated rings. The van der Waals surface area contributed by atoms with Crippen molar-refractivity contribution in [3.05, 3.63) is 60.2 Å². The van der Waals surface area contributed by atoms with Crippen LogP contribution in [-0.2, 0) is 5.33 Å². The van der Waals surface area contributed by atoms with Crippen molar-refractivity contribution in [3.8, 4) is 11.1 Å². The topological polar surface area (TPSA) is 0 Å². The number of halogens is 1. The molecule has 0 bridgehead atoms. The first kappa shape index (κ1) is 9.47. The lowest BCUT2D eigenvalue weighted by Crippen LogP contribution is -1.84. The Labute approximate surface area is 92.7 Å². The maximum atomic E-state index is 3.49. The van der Waals surface area contributed by atoms with Crippen molar-refractivity contribution in [1.82, 2.24) is 0 Å². The van der Waals surface area contributed by atoms with Crippen LogP contribution < -0.4 is 0 Å². The van der Waals surface area contributed by atoms with Crippen LogP contribution in [0.15, 0.2) is 48.5 Å². The Morgan fingerprint density at radius 1 is 1.00 bits per heavy atom. The number of hydrogen-bond acceptors (Lipinski definition) is 0. The first-order valence-electron chi connectivity index (χ1n) is 4.53. The van der Waals surface area contributed by atoms with Crippen LogP contribution in [0.5, 0.6) is 0 Å². The maximum Gasteiger partial charge on any atom is 0.0289 e. The minimum absolute atomic E-state index is 0.870. The van der Waals surface area contributed by atoms with Crippen LogP contribution in [0.4, 0.5) is 0 Å². The van der Waals surface area contributed by atoms with Gasteiger partial charge < -0.3 is 0 Å². The third kappa shape index (κ3) is 1.88. The second-order valence-electron chi connectivity index (χ2n) is 3.07. The minimum atomic E-state index is 0.870. The van der Waals surface area contributed by atoms with Crippen molar-refractivity contribution < 1.29 is 0 Å². The van der Waals surface area contributed by atoms with E-state index < -0.39 is 0 Å². The van der Waals surface area contributed by atoms with Gasteiger partial charge in [0.2, 0.25) is 0 Å². The van der Waals surface area contributed by atoms with Crippen LogP contribution in [0.3, 0.4) is 0 Å². The molecule has 0 unspecified atom stereocenters. The van der Waals surface area contributed by atoms with E-state index in [2.05, 4.69) is 40.2 Å². The summed E-state index contributed by atoms with van der Waals surface area (Å²) in [7, 11) is 0. The molecule has 0 heterocycles. The summed E-state index contributed by atoms with van der Waals surface area (Å²) in [6.45, 7) is 0. The van der Waals surface area contributed by atoms with Crippen molar-refractivity contribution >= 4 is 15.9 Å². The number of rotatable bonds is 2. The third-order valence-electron chi connectivity index (χ3n) is 2.15. The zero-order valence-electron chi connectivity index (χ0n) is 7.70. The van der Waals surface area contributed by atoms with Crippen LogP contribution in [-0.4, -0.2) is 0 Å². The van der Waals surface area contributed by atoms with Crippen molar-refractivity contribution in [3.63, 3.8) is 0 Å². The van der Waals surface area contributed by atoms with Crippen molar-refractivity contribution in [2.75, 3.05) is 0 Å². The van der Waals surface area contributed by atoms with E-state index in [-0.39, 0.29) is 0 Å². The lowest BCUT2D eigenvalue weighted by Gasteiger charge is -2.05. The average Bonchev–Trinajstić information content (AvgIpc) is 2.30. The van der Waals surface area contributed by atoms with E-state index >= 15 is 0 Å². The third-order valence-corrected chi connectivity index (χ3v) is 2.75. The van der Waals surface area contributed by atoms with E-state index in [4.69, 9.17) is 0 Å². The molecule has 14 heavy (non-hydrogen) atoms. The molecule has 2 aromatic carbocycles. The second-order valence-corrected chi connectivity index (χ2v) is 3.63. The molecule has 1 radical (unpaired) electrons. The van der Waals surface area contributed by atoms with Crippen LogP contribution in [0.2, 0.25) is 0 Å². The molecule has 0 aliphatic heterocycles. The van der Waals surface area contributed by atoms with E-state index in [0.29, 0.717) is 0 Å². The number of alkyl halides is 1. The number of benzene rings is 2. The minimum Gasteiger partial charge on any atom is -0.0876 e. The Balaban J connectivity index is 2.51. The molecular formula is C13H10Br. The van der Waals surface area contributed by atoms with Gasteiger partial charge in [-0.3, -0.25) is 0 Å². The molecule has 2 rings (SSSR count). The van der Waals surface area contributed by atoms with Crippen LogP contribution in [0.1, 0.15) is 5.56 Å². The van der Waals surface area contributed by atoms with Gasteiger partial charge in [0.1, 0.15) is 0 Å². The largest absolute Gasteiger partial charge is 0.0876 e. The summed E-state index contributed by atoms with van der Waals surface area (Å²) in [5.74, 6) is 0. The van der Waals surface area contributed by atoms with E-state index in [9.17, 15) is 0 Å². The molecule has 0 N–H and O–H groups in total. The molecule has 69 valence electrons. The van der Waals surface area contributed by atoms with Crippen molar-refractivity contribution in [1.29, 1.82) is 0 Å². The molecule has 2 aromatic rings. The lowest BCUT2D eigenvalue weighted by atomic mass is 10.0. The van der Waals surface area contributed by atoms with Crippen LogP contribution >= 0.6 is 15.9 Å². The molecule has 0 spiro atoms. The van der Waals surface area contributed by atoms with Crippen molar-refractivity contribution in [2.45, 2.75) is 5.33 Å². The molecule has 0 aliphatic rings. The number of hydrogen-bond donors (Lipinski definition) is 0. The highest BCUT2D eigenvalue weighted by molar-refractivity contribution is 9.08. The SMILES string of the molecule is BrCc1ccc[c]c1-c1ccccc1. The quantitative estimate of drug-likeness (QED) is 0.701. The van der Waals surface area contributed by atoms with Gasteiger partial charge in [-0.2, -0.15) is 0 Å². The van der Waals surface area contributed by atoms with Gasteiger partial charge in [0, 0.05) is 5.33 Å². The highest BCUT2D eigenvalue weighted by Crippen LogP contribution is 2.24. The normalized spacial score (nSPS) is 10.1. The summed E-state index contributed by atoms with van der Waals surface area (Å²) in [6, 6.07) is 19.7. The van der Waals surface area contributed by atoms with E-state index in [1.165, 1.54) is 16.7 Å². The fourth-order valence-electron chi connectivity index (χ4n) is 1.46. The van der Waals surface area contributed by atoms with Gasteiger partial charge in [-0.1, -0.05) is 64.5 Å². The summed E-state index contributed by atoms with van der Waals surface area (Å²) >= 11 is 3.49. The fraction of sp³-hybridized carbons (Fsp3) is 0.0769. The second kappa shape index (κ2) is 4.43. The van der Waals surface area contributed by atoms with Gasteiger partial charge in [0.15, 0.2) is 0 Å². The summed E-state index contributed by atoms with van der Waals surface area (Å²) in [5, 5.41) is 0.870. The Bertz CT molecular complexity index is 407. The first-order valence-corrected chi connectivity index (χ1v) is 5.65. The van der Waals surface area contributed by atoms with Gasteiger partial charge in [-0.15, -0.1) is 0 Å². The monoisotopic (exact) mass is 245 g/mol. The average molecular weight is 246 g/mol. The highest BCUT2D eigenvalue weighted by atomic mass is 79.9. The predicted molar refractivity (Wildman–Crippen MR) is 63.3 cm³/mol. The summed E-state index contributed by atoms with van der Waals surface area (Å²) in [4.78, 5) is 0. The summed E-state index contributed by atoms with van der Waals surface area (Å²) < 4.78 is 0. The summed E-state index contributed by atoms with van der Waals surface area (Å²) in [5.41, 5.74) is 3.69. The molecule has 0 nitrogen and oxygen atoms in total. The van der Waals surface area contributed by atoms with Gasteiger partial charge in [-0.25, -0.2) is 0 Å². The van der Waals surface area contributed by atoms with Gasteiger partial charge in [-0.05, 0) is 22.8 Å². The first-order chi connectivity index (χ1) is 6.92. The Morgan fingerprint density at radius 2 is 1.79 bits per heavy atom. The molecular weight excluding hydrogens is 236 g/mol. The van der Waals surface area contributed by atoms with E-state index in [1.54, 1.807) is 0 Å². The standard InChI is InChI=1S/C13H10Br/c14-10-12-8-4-5-9-13(12)11-6-2-1-3-7-11/h1-8H,10H2. The molecule has 0 aromatic heterocycles. The molecule has 1 heteroatoms. The molecule has 0 aliphatic carbocycles. The maximum absolute atomic E-state index is 3.49. The fourth-order valence-corrected chi connectivity index (χ4v) is 1.92. The molecule has 0 saturated heterocycles. The van der Waals surface area contributed by atoms with E-state index in [1.807, 2.05) is 30.3 Å². The summed E-state index contributed by atoms with van der Waals surface area (Å²) in [6.07, 6.45) is 0. The smallest absolute Gasteiger partial charge is 0.0289 e. The predicted octanol–water partition coefficient (Wildman–Crippen LogP) is 4.05. The van der Waals surface area contributed by atoms with Gasteiger partial charge in [0.25, 0.3) is 0 Å². The zero-order valence-corrected chi connectivity index (χ0v) is 9.29. The van der Waals surface area contributed by atoms with Gasteiger partial charge in [0.05, 0.1) is 0 Å². The highest BCUT2D eigenvalue weighted by Gasteiger charge is 2.01.